The van der Waals surface area contributed by atoms with E-state index in [0.717, 1.165) is 5.69 Å². The Morgan fingerprint density at radius 1 is 1.42 bits per heavy atom. The molecule has 0 aliphatic heterocycles. The number of nitrogens with zero attached hydrogens (tertiary/aromatic N) is 1. The van der Waals surface area contributed by atoms with Gasteiger partial charge in [-0.2, -0.15) is 0 Å². The van der Waals surface area contributed by atoms with Gasteiger partial charge in [0, 0.05) is 23.2 Å². The van der Waals surface area contributed by atoms with E-state index < -0.39 is 0 Å². The highest BCUT2D eigenvalue weighted by atomic mass is 35.5. The molecule has 0 amide bonds. The minimum atomic E-state index is -0.0240. The normalized spacial score (nSPS) is 10.4. The van der Waals surface area contributed by atoms with E-state index in [2.05, 4.69) is 32.6 Å². The molecule has 0 fully saturated rings. The average molecular weight is 296 g/mol. The molecule has 0 spiro atoms. The Kier molecular flexibility index (Phi) is 5.65. The van der Waals surface area contributed by atoms with Crippen LogP contribution in [-0.2, 0) is 4.74 Å². The summed E-state index contributed by atoms with van der Waals surface area (Å²) < 4.78 is 5.43. The molecule has 0 bridgehead atoms. The van der Waals surface area contributed by atoms with Gasteiger partial charge in [-0.25, -0.2) is 0 Å². The van der Waals surface area contributed by atoms with Crippen LogP contribution in [0.25, 0.3) is 0 Å². The van der Waals surface area contributed by atoms with E-state index >= 15 is 0 Å². The summed E-state index contributed by atoms with van der Waals surface area (Å²) in [6.07, 6.45) is 0. The lowest BCUT2D eigenvalue weighted by Gasteiger charge is -2.19. The molecule has 102 valence electrons. The first-order valence-corrected chi connectivity index (χ1v) is 6.74. The van der Waals surface area contributed by atoms with Crippen molar-refractivity contribution in [2.24, 2.45) is 5.41 Å². The second-order valence-corrected chi connectivity index (χ2v) is 5.93. The first-order chi connectivity index (χ1) is 8.79. The maximum absolute atomic E-state index is 5.94. The molecule has 2 nitrogen and oxygen atoms in total. The van der Waals surface area contributed by atoms with Gasteiger partial charge < -0.3 is 9.64 Å². The topological polar surface area (TPSA) is 12.5 Å². The highest BCUT2D eigenvalue weighted by Gasteiger charge is 2.08. The summed E-state index contributed by atoms with van der Waals surface area (Å²) >= 11 is 11.1. The van der Waals surface area contributed by atoms with E-state index in [0.29, 0.717) is 16.8 Å². The fourth-order valence-electron chi connectivity index (χ4n) is 1.29. The van der Waals surface area contributed by atoms with E-state index in [1.54, 1.807) is 4.90 Å². The van der Waals surface area contributed by atoms with Crippen LogP contribution >= 0.6 is 23.8 Å². The molecule has 1 rings (SSSR count). The van der Waals surface area contributed by atoms with Crippen molar-refractivity contribution >= 4 is 34.7 Å². The molecule has 0 radical (unpaired) electrons. The molecule has 0 heterocycles. The second kappa shape index (κ2) is 6.79. The predicted octanol–water partition coefficient (Wildman–Crippen LogP) is 4.13. The van der Waals surface area contributed by atoms with Crippen molar-refractivity contribution in [2.75, 3.05) is 18.6 Å². The standard InChI is InChI=1S/C15H18ClNOS/c1-15(2,3)9-6-10-18-14(19)17(4)13-8-5-7-12(16)11-13/h5,7-8,11H,10H2,1-4H3. The van der Waals surface area contributed by atoms with Crippen molar-refractivity contribution in [3.05, 3.63) is 29.3 Å². The number of hydrogen-bond acceptors (Lipinski definition) is 2. The Hall–Kier alpha value is -1.24. The lowest BCUT2D eigenvalue weighted by Crippen LogP contribution is -2.26. The number of halogens is 1. The summed E-state index contributed by atoms with van der Waals surface area (Å²) in [6, 6.07) is 7.44. The van der Waals surface area contributed by atoms with Crippen LogP contribution in [0.2, 0.25) is 5.02 Å². The molecule has 0 N–H and O–H groups in total. The molecule has 0 unspecified atom stereocenters. The first kappa shape index (κ1) is 15.8. The monoisotopic (exact) mass is 295 g/mol. The van der Waals surface area contributed by atoms with Crippen LogP contribution in [0, 0.1) is 17.3 Å². The van der Waals surface area contributed by atoms with Crippen LogP contribution in [0.15, 0.2) is 24.3 Å². The smallest absolute Gasteiger partial charge is 0.264 e. The van der Waals surface area contributed by atoms with Gasteiger partial charge in [0.1, 0.15) is 0 Å². The number of hydrogen-bond donors (Lipinski definition) is 0. The third kappa shape index (κ3) is 5.96. The summed E-state index contributed by atoms with van der Waals surface area (Å²) in [5, 5.41) is 1.05. The highest BCUT2D eigenvalue weighted by Crippen LogP contribution is 2.18. The number of benzene rings is 1. The average Bonchev–Trinajstić information content (AvgIpc) is 2.32. The summed E-state index contributed by atoms with van der Waals surface area (Å²) in [6.45, 7) is 6.45. The summed E-state index contributed by atoms with van der Waals surface area (Å²) in [4.78, 5) is 1.76. The lowest BCUT2D eigenvalue weighted by molar-refractivity contribution is 0.359. The van der Waals surface area contributed by atoms with E-state index in [9.17, 15) is 0 Å². The van der Waals surface area contributed by atoms with Gasteiger partial charge in [0.2, 0.25) is 0 Å². The van der Waals surface area contributed by atoms with E-state index in [1.807, 2.05) is 31.3 Å². The van der Waals surface area contributed by atoms with Gasteiger partial charge in [0.15, 0.2) is 6.61 Å². The fourth-order valence-corrected chi connectivity index (χ4v) is 1.63. The lowest BCUT2D eigenvalue weighted by atomic mass is 9.98. The van der Waals surface area contributed by atoms with E-state index in [4.69, 9.17) is 28.6 Å². The largest absolute Gasteiger partial charge is 0.457 e. The maximum Gasteiger partial charge on any atom is 0.264 e. The molecule has 4 heteroatoms. The molecule has 0 aliphatic carbocycles. The second-order valence-electron chi connectivity index (χ2n) is 5.15. The van der Waals surface area contributed by atoms with E-state index in [-0.39, 0.29) is 5.41 Å². The summed E-state index contributed by atoms with van der Waals surface area (Å²) in [5.74, 6) is 6.05. The van der Waals surface area contributed by atoms with Gasteiger partial charge in [0.05, 0.1) is 0 Å². The summed E-state index contributed by atoms with van der Waals surface area (Å²) in [7, 11) is 1.84. The third-order valence-corrected chi connectivity index (χ3v) is 2.83. The van der Waals surface area contributed by atoms with Crippen LogP contribution in [0.1, 0.15) is 20.8 Å². The zero-order valence-electron chi connectivity index (χ0n) is 11.7. The molecular formula is C15H18ClNOS. The molecule has 0 atom stereocenters. The van der Waals surface area contributed by atoms with Gasteiger partial charge >= 0.3 is 0 Å². The van der Waals surface area contributed by atoms with Crippen molar-refractivity contribution in [3.8, 4) is 11.8 Å². The Bertz CT molecular complexity index is 511. The molecule has 1 aromatic rings. The van der Waals surface area contributed by atoms with Crippen molar-refractivity contribution in [2.45, 2.75) is 20.8 Å². The van der Waals surface area contributed by atoms with Crippen molar-refractivity contribution in [1.82, 2.24) is 0 Å². The highest BCUT2D eigenvalue weighted by molar-refractivity contribution is 7.80. The van der Waals surface area contributed by atoms with Crippen LogP contribution in [0.5, 0.6) is 0 Å². The number of anilines is 1. The van der Waals surface area contributed by atoms with Crippen molar-refractivity contribution < 1.29 is 4.74 Å². The molecule has 0 aliphatic rings. The van der Waals surface area contributed by atoms with Crippen molar-refractivity contribution in [1.29, 1.82) is 0 Å². The van der Waals surface area contributed by atoms with Crippen LogP contribution in [-0.4, -0.2) is 18.8 Å². The zero-order valence-corrected chi connectivity index (χ0v) is 13.2. The molecule has 0 saturated heterocycles. The third-order valence-electron chi connectivity index (χ3n) is 2.20. The van der Waals surface area contributed by atoms with Crippen LogP contribution in [0.4, 0.5) is 5.69 Å². The minimum absolute atomic E-state index is 0.0240. The Morgan fingerprint density at radius 3 is 2.68 bits per heavy atom. The maximum atomic E-state index is 5.94. The Labute approximate surface area is 125 Å². The van der Waals surface area contributed by atoms with E-state index in [1.165, 1.54) is 0 Å². The first-order valence-electron chi connectivity index (χ1n) is 5.96. The number of ether oxygens (including phenoxy) is 1. The van der Waals surface area contributed by atoms with Gasteiger partial charge in [-0.15, -0.1) is 0 Å². The Morgan fingerprint density at radius 2 is 2.11 bits per heavy atom. The van der Waals surface area contributed by atoms with Gasteiger partial charge in [-0.1, -0.05) is 29.5 Å². The zero-order chi connectivity index (χ0) is 14.5. The van der Waals surface area contributed by atoms with Gasteiger partial charge in [-0.3, -0.25) is 0 Å². The van der Waals surface area contributed by atoms with Crippen LogP contribution < -0.4 is 4.90 Å². The molecule has 1 aromatic carbocycles. The SMILES string of the molecule is CN(C(=S)OCC#CC(C)(C)C)c1cccc(Cl)c1. The van der Waals surface area contributed by atoms with Crippen LogP contribution in [0.3, 0.4) is 0 Å². The quantitative estimate of drug-likeness (QED) is 0.601. The Balaban J connectivity index is 2.56. The minimum Gasteiger partial charge on any atom is -0.457 e. The van der Waals surface area contributed by atoms with Gasteiger partial charge in [0.25, 0.3) is 5.17 Å². The van der Waals surface area contributed by atoms with Gasteiger partial charge in [-0.05, 0) is 51.2 Å². The summed E-state index contributed by atoms with van der Waals surface area (Å²) in [5.41, 5.74) is 0.866. The molecule has 19 heavy (non-hydrogen) atoms. The number of thiocarbonyl (C=S) groups is 1. The fraction of sp³-hybridized carbons (Fsp3) is 0.400. The predicted molar refractivity (Wildman–Crippen MR) is 85.6 cm³/mol. The van der Waals surface area contributed by atoms with Crippen molar-refractivity contribution in [3.63, 3.8) is 0 Å². The number of rotatable bonds is 2. The molecule has 0 aromatic heterocycles. The molecule has 0 saturated carbocycles. The molecular weight excluding hydrogens is 278 g/mol.